The van der Waals surface area contributed by atoms with E-state index in [1.54, 1.807) is 11.2 Å². The van der Waals surface area contributed by atoms with Gasteiger partial charge in [-0.1, -0.05) is 6.92 Å². The summed E-state index contributed by atoms with van der Waals surface area (Å²) in [4.78, 5) is 14.1. The highest BCUT2D eigenvalue weighted by atomic mass is 32.2. The van der Waals surface area contributed by atoms with E-state index < -0.39 is 21.9 Å². The number of likely N-dealkylation sites (tertiary alicyclic amines) is 1. The Bertz CT molecular complexity index is 546. The van der Waals surface area contributed by atoms with Crippen LogP contribution < -0.4 is 0 Å². The van der Waals surface area contributed by atoms with Crippen molar-refractivity contribution in [1.82, 2.24) is 9.21 Å². The third-order valence-electron chi connectivity index (χ3n) is 5.55. The molecule has 3 aliphatic rings. The summed E-state index contributed by atoms with van der Waals surface area (Å²) in [7, 11) is -2.10. The molecule has 0 aromatic carbocycles. The van der Waals surface area contributed by atoms with Crippen molar-refractivity contribution in [2.75, 3.05) is 32.5 Å². The Kier molecular flexibility index (Phi) is 4.99. The normalized spacial score (nSPS) is 31.4. The average Bonchev–Trinajstić information content (AvgIpc) is 3.37. The number of carbonyl (C=O) groups is 1. The zero-order valence-corrected chi connectivity index (χ0v) is 14.9. The van der Waals surface area contributed by atoms with Crippen molar-refractivity contribution in [2.24, 2.45) is 11.8 Å². The van der Waals surface area contributed by atoms with E-state index in [1.165, 1.54) is 32.9 Å². The summed E-state index contributed by atoms with van der Waals surface area (Å²) < 4.78 is 31.5. The van der Waals surface area contributed by atoms with Crippen LogP contribution >= 0.6 is 0 Å². The first-order chi connectivity index (χ1) is 10.9. The largest absolute Gasteiger partial charge is 0.469 e. The number of ether oxygens (including phenoxy) is 1. The summed E-state index contributed by atoms with van der Waals surface area (Å²) >= 11 is 0. The van der Waals surface area contributed by atoms with Crippen molar-refractivity contribution < 1.29 is 17.9 Å². The molecule has 0 bridgehead atoms. The number of piperidine rings is 2. The Labute approximate surface area is 139 Å². The van der Waals surface area contributed by atoms with Gasteiger partial charge in [0.1, 0.15) is 0 Å². The highest BCUT2D eigenvalue weighted by Crippen LogP contribution is 2.38. The van der Waals surface area contributed by atoms with Crippen molar-refractivity contribution in [2.45, 2.75) is 51.1 Å². The molecule has 1 saturated carbocycles. The van der Waals surface area contributed by atoms with Gasteiger partial charge in [0.2, 0.25) is 10.0 Å². The number of methoxy groups -OCH3 is 1. The Morgan fingerprint density at radius 3 is 2.61 bits per heavy atom. The van der Waals surface area contributed by atoms with E-state index >= 15 is 0 Å². The summed E-state index contributed by atoms with van der Waals surface area (Å²) in [6, 6.07) is 1.31. The van der Waals surface area contributed by atoms with Crippen molar-refractivity contribution in [3.8, 4) is 0 Å². The second-order valence-corrected chi connectivity index (χ2v) is 9.30. The van der Waals surface area contributed by atoms with E-state index in [0.29, 0.717) is 25.0 Å². The van der Waals surface area contributed by atoms with E-state index in [4.69, 9.17) is 0 Å². The number of hydrogen-bond acceptors (Lipinski definition) is 5. The first-order valence-corrected chi connectivity index (χ1v) is 10.3. The molecule has 23 heavy (non-hydrogen) atoms. The Hall–Kier alpha value is -0.660. The molecule has 6 nitrogen and oxygen atoms in total. The quantitative estimate of drug-likeness (QED) is 0.698. The maximum atomic E-state index is 12.6. The summed E-state index contributed by atoms with van der Waals surface area (Å²) in [6.07, 6.45) is 5.83. The van der Waals surface area contributed by atoms with Gasteiger partial charge in [-0.3, -0.25) is 9.69 Å². The lowest BCUT2D eigenvalue weighted by molar-refractivity contribution is -0.144. The topological polar surface area (TPSA) is 66.9 Å². The lowest BCUT2D eigenvalue weighted by atomic mass is 9.84. The first-order valence-electron chi connectivity index (χ1n) is 8.74. The molecule has 0 N–H and O–H groups in total. The minimum Gasteiger partial charge on any atom is -0.469 e. The molecule has 0 aromatic rings. The number of nitrogens with zero attached hydrogens (tertiary/aromatic N) is 2. The molecule has 132 valence electrons. The van der Waals surface area contributed by atoms with Crippen molar-refractivity contribution in [3.63, 3.8) is 0 Å². The van der Waals surface area contributed by atoms with Crippen molar-refractivity contribution in [1.29, 1.82) is 0 Å². The van der Waals surface area contributed by atoms with Gasteiger partial charge in [-0.05, 0) is 44.6 Å². The predicted octanol–water partition coefficient (Wildman–Crippen LogP) is 1.07. The van der Waals surface area contributed by atoms with Gasteiger partial charge in [-0.25, -0.2) is 12.7 Å². The summed E-state index contributed by atoms with van der Waals surface area (Å²) in [5.74, 6) is -0.775. The molecule has 0 amide bonds. The molecule has 7 heteroatoms. The first kappa shape index (κ1) is 17.2. The average molecular weight is 344 g/mol. The van der Waals surface area contributed by atoms with E-state index in [9.17, 15) is 13.2 Å². The summed E-state index contributed by atoms with van der Waals surface area (Å²) in [6.45, 7) is 3.99. The Morgan fingerprint density at radius 1 is 1.22 bits per heavy atom. The maximum absolute atomic E-state index is 12.6. The molecule has 1 aliphatic carbocycles. The molecule has 0 unspecified atom stereocenters. The van der Waals surface area contributed by atoms with Crippen LogP contribution in [0.25, 0.3) is 0 Å². The van der Waals surface area contributed by atoms with Crippen LogP contribution in [0.5, 0.6) is 0 Å². The molecular weight excluding hydrogens is 316 g/mol. The maximum Gasteiger partial charge on any atom is 0.309 e. The molecule has 0 aromatic heterocycles. The van der Waals surface area contributed by atoms with Crippen LogP contribution in [-0.2, 0) is 19.6 Å². The molecule has 2 saturated heterocycles. The van der Waals surface area contributed by atoms with Gasteiger partial charge in [0.05, 0.1) is 18.8 Å². The van der Waals surface area contributed by atoms with Gasteiger partial charge in [0.25, 0.3) is 0 Å². The zero-order valence-electron chi connectivity index (χ0n) is 14.1. The fourth-order valence-corrected chi connectivity index (χ4v) is 5.99. The lowest BCUT2D eigenvalue weighted by Gasteiger charge is -2.47. The highest BCUT2D eigenvalue weighted by molar-refractivity contribution is 7.89. The molecule has 0 radical (unpaired) electrons. The second-order valence-electron chi connectivity index (χ2n) is 7.29. The number of hydrogen-bond donors (Lipinski definition) is 0. The molecule has 3 fully saturated rings. The highest BCUT2D eigenvalue weighted by Gasteiger charge is 2.44. The summed E-state index contributed by atoms with van der Waals surface area (Å²) in [5, 5.41) is 0. The smallest absolute Gasteiger partial charge is 0.309 e. The van der Waals surface area contributed by atoms with Crippen LogP contribution in [0, 0.1) is 11.8 Å². The van der Waals surface area contributed by atoms with Gasteiger partial charge in [-0.15, -0.1) is 0 Å². The number of carbonyl (C=O) groups excluding carboxylic acids is 1. The molecule has 0 spiro atoms. The number of rotatable bonds is 5. The second kappa shape index (κ2) is 6.69. The lowest BCUT2D eigenvalue weighted by Crippen LogP contribution is -2.56. The van der Waals surface area contributed by atoms with E-state index in [-0.39, 0.29) is 5.75 Å². The fourth-order valence-electron chi connectivity index (χ4n) is 4.21. The van der Waals surface area contributed by atoms with Gasteiger partial charge < -0.3 is 4.74 Å². The van der Waals surface area contributed by atoms with Gasteiger partial charge in [0, 0.05) is 25.2 Å². The van der Waals surface area contributed by atoms with Crippen molar-refractivity contribution in [3.05, 3.63) is 0 Å². The van der Waals surface area contributed by atoms with Crippen LogP contribution in [0.3, 0.4) is 0 Å². The SMILES string of the molecule is COC(=O)[C@H](C)CS(=O)(=O)N1CC[C@H]2[C@H](CCCN2C2CC2)C1. The van der Waals surface area contributed by atoms with Crippen LogP contribution in [0.1, 0.15) is 39.0 Å². The van der Waals surface area contributed by atoms with Crippen LogP contribution in [0.15, 0.2) is 0 Å². The third kappa shape index (κ3) is 3.72. The van der Waals surface area contributed by atoms with Crippen LogP contribution in [-0.4, -0.2) is 68.2 Å². The zero-order chi connectivity index (χ0) is 16.6. The standard InChI is InChI=1S/C16H28N2O4S/c1-12(16(19)22-2)11-23(20,21)17-9-7-15-13(10-17)4-3-8-18(15)14-5-6-14/h12-15H,3-11H2,1-2H3/t12-,13-,15+/m1/s1. The predicted molar refractivity (Wildman–Crippen MR) is 87.4 cm³/mol. The van der Waals surface area contributed by atoms with Crippen LogP contribution in [0.4, 0.5) is 0 Å². The van der Waals surface area contributed by atoms with Gasteiger partial charge >= 0.3 is 5.97 Å². The Morgan fingerprint density at radius 2 is 1.96 bits per heavy atom. The molecule has 2 aliphatic heterocycles. The summed E-state index contributed by atoms with van der Waals surface area (Å²) in [5.41, 5.74) is 0. The number of fused-ring (bicyclic) bond motifs is 1. The minimum absolute atomic E-state index is 0.149. The molecule has 3 atom stereocenters. The van der Waals surface area contributed by atoms with E-state index in [0.717, 1.165) is 18.9 Å². The molecule has 3 rings (SSSR count). The van der Waals surface area contributed by atoms with Crippen LogP contribution in [0.2, 0.25) is 0 Å². The molecule has 2 heterocycles. The minimum atomic E-state index is -3.40. The number of sulfonamides is 1. The Balaban J connectivity index is 1.63. The third-order valence-corrected chi connectivity index (χ3v) is 7.59. The van der Waals surface area contributed by atoms with E-state index in [1.807, 2.05) is 0 Å². The fraction of sp³-hybridized carbons (Fsp3) is 0.938. The van der Waals surface area contributed by atoms with Gasteiger partial charge in [0.15, 0.2) is 0 Å². The van der Waals surface area contributed by atoms with E-state index in [2.05, 4.69) is 9.64 Å². The number of esters is 1. The van der Waals surface area contributed by atoms with Gasteiger partial charge in [-0.2, -0.15) is 0 Å². The monoisotopic (exact) mass is 344 g/mol. The van der Waals surface area contributed by atoms with Crippen molar-refractivity contribution >= 4 is 16.0 Å². The molecular formula is C16H28N2O4S.